The van der Waals surface area contributed by atoms with Crippen LogP contribution in [0.1, 0.15) is 46.3 Å². The summed E-state index contributed by atoms with van der Waals surface area (Å²) in [6.07, 6.45) is 1.94. The van der Waals surface area contributed by atoms with Crippen LogP contribution >= 0.6 is 0 Å². The average Bonchev–Trinajstić information content (AvgIpc) is 3.24. The fourth-order valence-corrected chi connectivity index (χ4v) is 3.33. The third kappa shape index (κ3) is 3.74. The zero-order valence-corrected chi connectivity index (χ0v) is 14.2. The van der Waals surface area contributed by atoms with E-state index in [4.69, 9.17) is 14.9 Å². The lowest BCUT2D eigenvalue weighted by molar-refractivity contribution is -0.131. The highest BCUT2D eigenvalue weighted by Crippen LogP contribution is 2.33. The molecule has 1 fully saturated rings. The zero-order chi connectivity index (χ0) is 17.8. The summed E-state index contributed by atoms with van der Waals surface area (Å²) >= 11 is 0. The number of amides is 2. The Labute approximate surface area is 146 Å². The van der Waals surface area contributed by atoms with Gasteiger partial charge in [-0.15, -0.1) is 0 Å². The number of hydrogen-bond donors (Lipinski definition) is 1. The minimum Gasteiger partial charge on any atom is -0.461 e. The van der Waals surface area contributed by atoms with Crippen molar-refractivity contribution in [2.75, 3.05) is 13.7 Å². The predicted molar refractivity (Wildman–Crippen MR) is 91.8 cm³/mol. The van der Waals surface area contributed by atoms with Gasteiger partial charge in [0.1, 0.15) is 18.1 Å². The van der Waals surface area contributed by atoms with Crippen molar-refractivity contribution < 1.29 is 18.7 Å². The molecule has 2 amide bonds. The van der Waals surface area contributed by atoms with Crippen LogP contribution in [0.5, 0.6) is 0 Å². The van der Waals surface area contributed by atoms with E-state index in [0.717, 1.165) is 24.4 Å². The minimum absolute atomic E-state index is 0.0270. The Bertz CT molecular complexity index is 768. The van der Waals surface area contributed by atoms with Crippen molar-refractivity contribution in [3.8, 4) is 0 Å². The van der Waals surface area contributed by atoms with Crippen LogP contribution in [-0.4, -0.2) is 30.4 Å². The van der Waals surface area contributed by atoms with Crippen LogP contribution in [0.25, 0.3) is 0 Å². The highest BCUT2D eigenvalue weighted by Gasteiger charge is 2.32. The summed E-state index contributed by atoms with van der Waals surface area (Å²) < 4.78 is 10.9. The molecule has 1 aliphatic heterocycles. The quantitative estimate of drug-likeness (QED) is 0.873. The van der Waals surface area contributed by atoms with Gasteiger partial charge in [-0.3, -0.25) is 9.59 Å². The second-order valence-corrected chi connectivity index (χ2v) is 6.18. The number of nitrogens with two attached hydrogens (primary N) is 1. The lowest BCUT2D eigenvalue weighted by Crippen LogP contribution is -2.32. The summed E-state index contributed by atoms with van der Waals surface area (Å²) in [7, 11) is 1.61. The van der Waals surface area contributed by atoms with Crippen LogP contribution in [0.15, 0.2) is 40.8 Å². The van der Waals surface area contributed by atoms with Crippen molar-refractivity contribution >= 4 is 11.8 Å². The highest BCUT2D eigenvalue weighted by atomic mass is 16.5. The molecule has 6 heteroatoms. The van der Waals surface area contributed by atoms with Crippen LogP contribution in [0.4, 0.5) is 0 Å². The van der Waals surface area contributed by atoms with Gasteiger partial charge in [0.15, 0.2) is 0 Å². The first-order valence-electron chi connectivity index (χ1n) is 8.35. The lowest BCUT2D eigenvalue weighted by Gasteiger charge is -2.23. The number of nitrogens with zero attached hydrogens (tertiary/aromatic N) is 1. The van der Waals surface area contributed by atoms with Crippen molar-refractivity contribution in [2.24, 2.45) is 5.73 Å². The third-order valence-electron chi connectivity index (χ3n) is 4.50. The van der Waals surface area contributed by atoms with Crippen molar-refractivity contribution in [2.45, 2.75) is 31.9 Å². The number of benzene rings is 1. The van der Waals surface area contributed by atoms with Crippen LogP contribution < -0.4 is 5.73 Å². The van der Waals surface area contributed by atoms with Crippen molar-refractivity contribution in [3.63, 3.8) is 0 Å². The number of hydrogen-bond acceptors (Lipinski definition) is 4. The van der Waals surface area contributed by atoms with E-state index < -0.39 is 5.91 Å². The number of carbonyl (C=O) groups is 2. The van der Waals surface area contributed by atoms with E-state index in [1.54, 1.807) is 31.4 Å². The summed E-state index contributed by atoms with van der Waals surface area (Å²) in [5.74, 6) is 0.981. The second kappa shape index (κ2) is 7.53. The number of primary amides is 1. The van der Waals surface area contributed by atoms with E-state index >= 15 is 0 Å². The molecule has 2 heterocycles. The number of likely N-dealkylation sites (tertiary alicyclic amines) is 1. The molecule has 0 aliphatic carbocycles. The summed E-state index contributed by atoms with van der Waals surface area (Å²) in [5.41, 5.74) is 6.46. The molecule has 0 radical (unpaired) electrons. The van der Waals surface area contributed by atoms with Gasteiger partial charge in [0.25, 0.3) is 0 Å². The van der Waals surface area contributed by atoms with Gasteiger partial charge >= 0.3 is 0 Å². The Morgan fingerprint density at radius 1 is 1.28 bits per heavy atom. The first-order valence-corrected chi connectivity index (χ1v) is 8.35. The van der Waals surface area contributed by atoms with Gasteiger partial charge in [-0.2, -0.15) is 0 Å². The SMILES string of the molecule is COCc1ccc(C2CCCN2C(=O)Cc2ccccc2C(N)=O)o1. The van der Waals surface area contributed by atoms with E-state index in [2.05, 4.69) is 0 Å². The molecule has 0 spiro atoms. The fraction of sp³-hybridized carbons (Fsp3) is 0.368. The molecule has 3 rings (SSSR count). The smallest absolute Gasteiger partial charge is 0.248 e. The third-order valence-corrected chi connectivity index (χ3v) is 4.50. The lowest BCUT2D eigenvalue weighted by atomic mass is 10.0. The van der Waals surface area contributed by atoms with Crippen LogP contribution in [0.2, 0.25) is 0 Å². The number of ether oxygens (including phenoxy) is 1. The maximum absolute atomic E-state index is 12.8. The normalized spacial score (nSPS) is 17.0. The van der Waals surface area contributed by atoms with E-state index in [-0.39, 0.29) is 18.4 Å². The topological polar surface area (TPSA) is 85.8 Å². The summed E-state index contributed by atoms with van der Waals surface area (Å²) in [5, 5.41) is 0. The molecule has 1 saturated heterocycles. The molecule has 6 nitrogen and oxygen atoms in total. The second-order valence-electron chi connectivity index (χ2n) is 6.18. The van der Waals surface area contributed by atoms with Gasteiger partial charge in [-0.1, -0.05) is 18.2 Å². The maximum Gasteiger partial charge on any atom is 0.248 e. The molecule has 2 N–H and O–H groups in total. The van der Waals surface area contributed by atoms with Gasteiger partial charge in [-0.25, -0.2) is 0 Å². The first kappa shape index (κ1) is 17.2. The first-order chi connectivity index (χ1) is 12.1. The van der Waals surface area contributed by atoms with E-state index in [1.165, 1.54) is 0 Å². The molecular formula is C19H22N2O4. The molecule has 2 aromatic rings. The molecule has 25 heavy (non-hydrogen) atoms. The summed E-state index contributed by atoms with van der Waals surface area (Å²) in [4.78, 5) is 26.2. The molecule has 0 bridgehead atoms. The maximum atomic E-state index is 12.8. The Hall–Kier alpha value is -2.60. The van der Waals surface area contributed by atoms with Crippen molar-refractivity contribution in [1.29, 1.82) is 0 Å². The highest BCUT2D eigenvalue weighted by molar-refractivity contribution is 5.95. The molecule has 132 valence electrons. The van der Waals surface area contributed by atoms with Gasteiger partial charge < -0.3 is 19.8 Å². The zero-order valence-electron chi connectivity index (χ0n) is 14.2. The monoisotopic (exact) mass is 342 g/mol. The Kier molecular flexibility index (Phi) is 5.19. The Balaban J connectivity index is 1.76. The van der Waals surface area contributed by atoms with E-state index in [0.29, 0.717) is 24.3 Å². The van der Waals surface area contributed by atoms with Gasteiger partial charge in [0, 0.05) is 19.2 Å². The number of furan rings is 1. The number of methoxy groups -OCH3 is 1. The predicted octanol–water partition coefficient (Wildman–Crippen LogP) is 2.43. The van der Waals surface area contributed by atoms with E-state index in [9.17, 15) is 9.59 Å². The molecule has 1 unspecified atom stereocenters. The summed E-state index contributed by atoms with van der Waals surface area (Å²) in [6.45, 7) is 1.09. The summed E-state index contributed by atoms with van der Waals surface area (Å²) in [6, 6.07) is 10.7. The van der Waals surface area contributed by atoms with Crippen LogP contribution in [0.3, 0.4) is 0 Å². The fourth-order valence-electron chi connectivity index (χ4n) is 3.33. The van der Waals surface area contributed by atoms with E-state index in [1.807, 2.05) is 17.0 Å². The minimum atomic E-state index is -0.517. The van der Waals surface area contributed by atoms with Gasteiger partial charge in [-0.05, 0) is 36.6 Å². The molecule has 0 saturated carbocycles. The Morgan fingerprint density at radius 2 is 2.08 bits per heavy atom. The molecular weight excluding hydrogens is 320 g/mol. The average molecular weight is 342 g/mol. The van der Waals surface area contributed by atoms with Crippen molar-refractivity contribution in [3.05, 3.63) is 59.0 Å². The van der Waals surface area contributed by atoms with Crippen molar-refractivity contribution in [1.82, 2.24) is 4.90 Å². The number of rotatable bonds is 6. The molecule has 1 aromatic heterocycles. The van der Waals surface area contributed by atoms with Crippen LogP contribution in [0, 0.1) is 0 Å². The van der Waals surface area contributed by atoms with Crippen LogP contribution in [-0.2, 0) is 22.6 Å². The van der Waals surface area contributed by atoms with Gasteiger partial charge in [0.2, 0.25) is 11.8 Å². The van der Waals surface area contributed by atoms with Gasteiger partial charge in [0.05, 0.1) is 12.5 Å². The molecule has 1 aromatic carbocycles. The molecule has 1 aliphatic rings. The molecule has 1 atom stereocenters. The largest absolute Gasteiger partial charge is 0.461 e. The Morgan fingerprint density at radius 3 is 2.84 bits per heavy atom. The number of carbonyl (C=O) groups excluding carboxylic acids is 2. The standard InChI is InChI=1S/C19H22N2O4/c1-24-12-14-8-9-17(25-14)16-7-4-10-21(16)18(22)11-13-5-2-3-6-15(13)19(20)23/h2-3,5-6,8-9,16H,4,7,10-12H2,1H3,(H2,20,23).